The third-order valence-corrected chi connectivity index (χ3v) is 1.93. The predicted molar refractivity (Wildman–Crippen MR) is 64.7 cm³/mol. The number of rotatable bonds is 1. The van der Waals surface area contributed by atoms with Gasteiger partial charge in [-0.25, -0.2) is 4.99 Å². The number of nitrogens with one attached hydrogen (secondary N) is 1. The number of amidine groups is 1. The molecule has 0 bridgehead atoms. The molecule has 1 rings (SSSR count). The van der Waals surface area contributed by atoms with Crippen LogP contribution in [0.15, 0.2) is 34.3 Å². The van der Waals surface area contributed by atoms with Crippen LogP contribution in [-0.2, 0) is 0 Å². The molecule has 0 heterocycles. The van der Waals surface area contributed by atoms with Crippen LogP contribution >= 0.6 is 0 Å². The largest absolute Gasteiger partial charge is 0.451 e. The molecule has 8 heteroatoms. The van der Waals surface area contributed by atoms with Crippen LogP contribution in [0.1, 0.15) is 5.56 Å². The Morgan fingerprint density at radius 2 is 1.89 bits per heavy atom. The molecule has 0 aliphatic rings. The number of benzene rings is 1. The zero-order chi connectivity index (χ0) is 14.5. The third kappa shape index (κ3) is 4.67. The summed E-state index contributed by atoms with van der Waals surface area (Å²) < 4.78 is 38.0. The van der Waals surface area contributed by atoms with Crippen molar-refractivity contribution in [3.63, 3.8) is 0 Å². The standard InChI is InChI=1S/C11H10F3N5/c1-7-2-4-8(5-3-7)18-9(11(12,13)14)19-10(16)17-6-15/h2-5H,1H3,(H3,16,17,18,19). The topological polar surface area (TPSA) is 86.6 Å². The van der Waals surface area contributed by atoms with Gasteiger partial charge in [0.25, 0.3) is 0 Å². The summed E-state index contributed by atoms with van der Waals surface area (Å²) in [6, 6.07) is 6.08. The van der Waals surface area contributed by atoms with Gasteiger partial charge in [-0.05, 0) is 19.1 Å². The lowest BCUT2D eigenvalue weighted by Crippen LogP contribution is -2.32. The number of nitriles is 1. The van der Waals surface area contributed by atoms with E-state index in [1.165, 1.54) is 18.3 Å². The average molecular weight is 269 g/mol. The first-order chi connectivity index (χ1) is 8.82. The molecule has 100 valence electrons. The summed E-state index contributed by atoms with van der Waals surface area (Å²) in [5.41, 5.74) is 6.07. The Balaban J connectivity index is 3.15. The molecule has 0 unspecified atom stereocenters. The van der Waals surface area contributed by atoms with Crippen LogP contribution in [0.5, 0.6) is 0 Å². The number of hydrogen-bond donors (Lipinski definition) is 2. The van der Waals surface area contributed by atoms with Crippen LogP contribution in [0.3, 0.4) is 0 Å². The Bertz CT molecular complexity index is 537. The first-order valence-corrected chi connectivity index (χ1v) is 5.05. The van der Waals surface area contributed by atoms with Gasteiger partial charge >= 0.3 is 6.18 Å². The number of aliphatic imine (C=N–C) groups is 2. The number of hydrogen-bond acceptors (Lipinski definition) is 2. The lowest BCUT2D eigenvalue weighted by molar-refractivity contribution is -0.0596. The highest BCUT2D eigenvalue weighted by atomic mass is 19.4. The van der Waals surface area contributed by atoms with Gasteiger partial charge in [0.2, 0.25) is 11.8 Å². The van der Waals surface area contributed by atoms with Crippen LogP contribution in [-0.4, -0.2) is 18.0 Å². The van der Waals surface area contributed by atoms with Gasteiger partial charge in [-0.1, -0.05) is 17.7 Å². The van der Waals surface area contributed by atoms with Crippen LogP contribution < -0.4 is 11.1 Å². The van der Waals surface area contributed by atoms with Gasteiger partial charge in [0.1, 0.15) is 0 Å². The smallest absolute Gasteiger partial charge is 0.369 e. The lowest BCUT2D eigenvalue weighted by atomic mass is 10.2. The van der Waals surface area contributed by atoms with Gasteiger partial charge in [0.15, 0.2) is 6.19 Å². The maximum Gasteiger partial charge on any atom is 0.451 e. The molecule has 0 saturated heterocycles. The number of alkyl halides is 3. The summed E-state index contributed by atoms with van der Waals surface area (Å²) in [5, 5.41) is 10.0. The highest BCUT2D eigenvalue weighted by Crippen LogP contribution is 2.22. The first kappa shape index (κ1) is 14.5. The molecule has 0 amide bonds. The van der Waals surface area contributed by atoms with E-state index >= 15 is 0 Å². The van der Waals surface area contributed by atoms with Crippen molar-refractivity contribution < 1.29 is 13.2 Å². The Kier molecular flexibility index (Phi) is 4.47. The molecule has 3 N–H and O–H groups in total. The van der Waals surface area contributed by atoms with Gasteiger partial charge in [0, 0.05) is 0 Å². The van der Waals surface area contributed by atoms with Crippen molar-refractivity contribution in [1.29, 1.82) is 5.26 Å². The van der Waals surface area contributed by atoms with Crippen LogP contribution in [0.25, 0.3) is 0 Å². The molecular weight excluding hydrogens is 259 g/mol. The molecule has 0 atom stereocenters. The number of guanidine groups is 1. The minimum Gasteiger partial charge on any atom is -0.369 e. The number of nitrogens with zero attached hydrogens (tertiary/aromatic N) is 3. The number of aryl methyl sites for hydroxylation is 1. The zero-order valence-electron chi connectivity index (χ0n) is 9.86. The van der Waals surface area contributed by atoms with Crippen LogP contribution in [0.2, 0.25) is 0 Å². The molecule has 0 aliphatic carbocycles. The van der Waals surface area contributed by atoms with E-state index in [1.807, 2.05) is 0 Å². The summed E-state index contributed by atoms with van der Waals surface area (Å²) in [6.45, 7) is 1.80. The van der Waals surface area contributed by atoms with Crippen molar-refractivity contribution >= 4 is 17.5 Å². The first-order valence-electron chi connectivity index (χ1n) is 5.05. The SMILES string of the molecule is Cc1ccc(N=C(N=C(N)NC#N)C(F)(F)F)cc1. The fourth-order valence-corrected chi connectivity index (χ4v) is 1.09. The number of nitrogens with two attached hydrogens (primary N) is 1. The van der Waals surface area contributed by atoms with Crippen LogP contribution in [0, 0.1) is 18.4 Å². The lowest BCUT2D eigenvalue weighted by Gasteiger charge is -2.06. The molecule has 19 heavy (non-hydrogen) atoms. The van der Waals surface area contributed by atoms with Gasteiger partial charge in [-0.15, -0.1) is 0 Å². The zero-order valence-corrected chi connectivity index (χ0v) is 9.86. The summed E-state index contributed by atoms with van der Waals surface area (Å²) >= 11 is 0. The third-order valence-electron chi connectivity index (χ3n) is 1.93. The minimum absolute atomic E-state index is 0.0893. The molecule has 5 nitrogen and oxygen atoms in total. The summed E-state index contributed by atoms with van der Waals surface area (Å²) in [5.74, 6) is -2.11. The van der Waals surface area contributed by atoms with Crippen molar-refractivity contribution in [3.05, 3.63) is 29.8 Å². The van der Waals surface area contributed by atoms with E-state index < -0.39 is 18.0 Å². The summed E-state index contributed by atoms with van der Waals surface area (Å²) in [4.78, 5) is 6.41. The van der Waals surface area contributed by atoms with E-state index in [0.717, 1.165) is 5.56 Å². The highest BCUT2D eigenvalue weighted by molar-refractivity contribution is 5.99. The normalized spacial score (nSPS) is 13.0. The van der Waals surface area contributed by atoms with Gasteiger partial charge < -0.3 is 5.73 Å². The second kappa shape index (κ2) is 5.86. The quantitative estimate of drug-likeness (QED) is 0.353. The molecule has 1 aromatic carbocycles. The van der Waals surface area contributed by atoms with Gasteiger partial charge in [-0.2, -0.15) is 23.4 Å². The van der Waals surface area contributed by atoms with Crippen molar-refractivity contribution in [2.24, 2.45) is 15.7 Å². The van der Waals surface area contributed by atoms with E-state index in [2.05, 4.69) is 9.98 Å². The summed E-state index contributed by atoms with van der Waals surface area (Å²) in [6.07, 6.45) is -3.40. The van der Waals surface area contributed by atoms with Crippen LogP contribution in [0.4, 0.5) is 18.9 Å². The van der Waals surface area contributed by atoms with Gasteiger partial charge in [-0.3, -0.25) is 5.32 Å². The number of halogens is 3. The Labute approximate surface area is 107 Å². The Morgan fingerprint density at radius 1 is 1.32 bits per heavy atom. The van der Waals surface area contributed by atoms with Crippen molar-refractivity contribution in [3.8, 4) is 6.19 Å². The summed E-state index contributed by atoms with van der Waals surface area (Å²) in [7, 11) is 0. The molecule has 1 aromatic rings. The average Bonchev–Trinajstić information content (AvgIpc) is 2.30. The van der Waals surface area contributed by atoms with Crippen molar-refractivity contribution in [2.45, 2.75) is 13.1 Å². The van der Waals surface area contributed by atoms with Crippen molar-refractivity contribution in [1.82, 2.24) is 5.32 Å². The van der Waals surface area contributed by atoms with Crippen molar-refractivity contribution in [2.75, 3.05) is 0 Å². The molecule has 0 saturated carbocycles. The molecule has 0 fully saturated rings. The second-order valence-corrected chi connectivity index (χ2v) is 3.50. The predicted octanol–water partition coefficient (Wildman–Crippen LogP) is 1.97. The highest BCUT2D eigenvalue weighted by Gasteiger charge is 2.36. The fourth-order valence-electron chi connectivity index (χ4n) is 1.09. The Hall–Kier alpha value is -2.56. The molecular formula is C11H10F3N5. The molecule has 0 aliphatic heterocycles. The minimum atomic E-state index is -4.77. The van der Waals surface area contributed by atoms with E-state index in [-0.39, 0.29) is 5.69 Å². The second-order valence-electron chi connectivity index (χ2n) is 3.50. The molecule has 0 radical (unpaired) electrons. The maximum absolute atomic E-state index is 12.7. The Morgan fingerprint density at radius 3 is 2.37 bits per heavy atom. The van der Waals surface area contributed by atoms with E-state index in [9.17, 15) is 13.2 Å². The molecule has 0 spiro atoms. The maximum atomic E-state index is 12.7. The monoisotopic (exact) mass is 269 g/mol. The van der Waals surface area contributed by atoms with E-state index in [4.69, 9.17) is 11.0 Å². The molecule has 0 aromatic heterocycles. The van der Waals surface area contributed by atoms with Gasteiger partial charge in [0.05, 0.1) is 5.69 Å². The van der Waals surface area contributed by atoms with E-state index in [1.54, 1.807) is 24.4 Å². The van der Waals surface area contributed by atoms with E-state index in [0.29, 0.717) is 0 Å². The fraction of sp³-hybridized carbons (Fsp3) is 0.182.